The first-order valence-corrected chi connectivity index (χ1v) is 5.91. The third kappa shape index (κ3) is 3.69. The Hall–Kier alpha value is -1.31. The Morgan fingerprint density at radius 2 is 1.94 bits per heavy atom. The first kappa shape index (κ1) is 12.8. The zero-order valence-electron chi connectivity index (χ0n) is 10.0. The molecule has 2 unspecified atom stereocenters. The molecule has 0 radical (unpaired) electrons. The molecule has 0 aromatic heterocycles. The molecule has 0 fully saturated rings. The maximum Gasteiger partial charge on any atom is 0.303 e. The van der Waals surface area contributed by atoms with Crippen molar-refractivity contribution in [1.29, 1.82) is 0 Å². The molecule has 0 heterocycles. The van der Waals surface area contributed by atoms with Crippen LogP contribution in [0.25, 0.3) is 0 Å². The topological polar surface area (TPSA) is 37.3 Å². The van der Waals surface area contributed by atoms with Gasteiger partial charge in [-0.1, -0.05) is 50.6 Å². The van der Waals surface area contributed by atoms with Gasteiger partial charge in [-0.2, -0.15) is 0 Å². The van der Waals surface area contributed by atoms with E-state index >= 15 is 0 Å². The molecule has 2 atom stereocenters. The molecule has 0 aliphatic heterocycles. The first-order chi connectivity index (χ1) is 7.65. The summed E-state index contributed by atoms with van der Waals surface area (Å²) in [5.41, 5.74) is 1.26. The van der Waals surface area contributed by atoms with Crippen LogP contribution in [0.15, 0.2) is 30.3 Å². The van der Waals surface area contributed by atoms with Crippen molar-refractivity contribution in [1.82, 2.24) is 0 Å². The summed E-state index contributed by atoms with van der Waals surface area (Å²) in [7, 11) is 0. The molecule has 2 heteroatoms. The van der Waals surface area contributed by atoms with Crippen LogP contribution in [0.2, 0.25) is 0 Å². The smallest absolute Gasteiger partial charge is 0.303 e. The summed E-state index contributed by atoms with van der Waals surface area (Å²) >= 11 is 0. The fourth-order valence-corrected chi connectivity index (χ4v) is 2.04. The van der Waals surface area contributed by atoms with Gasteiger partial charge in [0, 0.05) is 6.42 Å². The molecule has 0 saturated carbocycles. The Bertz CT molecular complexity index is 319. The summed E-state index contributed by atoms with van der Waals surface area (Å²) in [6, 6.07) is 10.2. The zero-order chi connectivity index (χ0) is 12.0. The van der Waals surface area contributed by atoms with Gasteiger partial charge in [-0.15, -0.1) is 0 Å². The summed E-state index contributed by atoms with van der Waals surface area (Å²) in [4.78, 5) is 10.6. The maximum atomic E-state index is 10.6. The number of rotatable bonds is 6. The fourth-order valence-electron chi connectivity index (χ4n) is 2.04. The maximum absolute atomic E-state index is 10.6. The van der Waals surface area contributed by atoms with E-state index < -0.39 is 5.97 Å². The van der Waals surface area contributed by atoms with E-state index in [1.54, 1.807) is 0 Å². The van der Waals surface area contributed by atoms with Gasteiger partial charge in [0.05, 0.1) is 0 Å². The Labute approximate surface area is 97.3 Å². The average Bonchev–Trinajstić information content (AvgIpc) is 2.30. The van der Waals surface area contributed by atoms with Crippen molar-refractivity contribution in [2.24, 2.45) is 5.92 Å². The van der Waals surface area contributed by atoms with Crippen LogP contribution >= 0.6 is 0 Å². The van der Waals surface area contributed by atoms with Crippen LogP contribution in [0.1, 0.15) is 44.6 Å². The average molecular weight is 220 g/mol. The quantitative estimate of drug-likeness (QED) is 0.794. The van der Waals surface area contributed by atoms with E-state index in [1.165, 1.54) is 5.56 Å². The molecule has 0 aliphatic carbocycles. The van der Waals surface area contributed by atoms with Gasteiger partial charge in [0.1, 0.15) is 0 Å². The highest BCUT2D eigenvalue weighted by Crippen LogP contribution is 2.31. The van der Waals surface area contributed by atoms with Crippen LogP contribution in [-0.4, -0.2) is 11.1 Å². The van der Waals surface area contributed by atoms with E-state index in [0.29, 0.717) is 11.8 Å². The van der Waals surface area contributed by atoms with Gasteiger partial charge in [-0.05, 0) is 23.8 Å². The predicted molar refractivity (Wildman–Crippen MR) is 65.5 cm³/mol. The van der Waals surface area contributed by atoms with Crippen molar-refractivity contribution < 1.29 is 9.90 Å². The van der Waals surface area contributed by atoms with Crippen molar-refractivity contribution in [2.45, 2.75) is 39.0 Å². The normalized spacial score (nSPS) is 14.4. The minimum absolute atomic E-state index is 0.254. The SMILES string of the molecule is CCC(C)C(CCC(=O)O)c1ccccc1. The summed E-state index contributed by atoms with van der Waals surface area (Å²) in [6.45, 7) is 4.35. The van der Waals surface area contributed by atoms with Crippen molar-refractivity contribution in [3.63, 3.8) is 0 Å². The second kappa shape index (κ2) is 6.31. The Morgan fingerprint density at radius 3 is 2.44 bits per heavy atom. The molecule has 88 valence electrons. The summed E-state index contributed by atoms with van der Waals surface area (Å²) in [5.74, 6) is 0.188. The molecule has 0 amide bonds. The van der Waals surface area contributed by atoms with Gasteiger partial charge in [0.2, 0.25) is 0 Å². The van der Waals surface area contributed by atoms with Gasteiger partial charge < -0.3 is 5.11 Å². The monoisotopic (exact) mass is 220 g/mol. The van der Waals surface area contributed by atoms with Crippen molar-refractivity contribution in [2.75, 3.05) is 0 Å². The van der Waals surface area contributed by atoms with E-state index in [9.17, 15) is 4.79 Å². The zero-order valence-corrected chi connectivity index (χ0v) is 10.0. The third-order valence-electron chi connectivity index (χ3n) is 3.23. The number of aliphatic carboxylic acids is 1. The van der Waals surface area contributed by atoms with E-state index in [-0.39, 0.29) is 6.42 Å². The second-order valence-electron chi connectivity index (χ2n) is 4.34. The van der Waals surface area contributed by atoms with Gasteiger partial charge in [0.25, 0.3) is 0 Å². The van der Waals surface area contributed by atoms with Crippen molar-refractivity contribution in [3.8, 4) is 0 Å². The minimum atomic E-state index is -0.704. The fraction of sp³-hybridized carbons (Fsp3) is 0.500. The van der Waals surface area contributed by atoms with Crippen LogP contribution in [0, 0.1) is 5.92 Å². The molecule has 1 N–H and O–H groups in total. The molecule has 1 aromatic carbocycles. The molecule has 1 rings (SSSR count). The molecule has 0 bridgehead atoms. The third-order valence-corrected chi connectivity index (χ3v) is 3.23. The molecular weight excluding hydrogens is 200 g/mol. The molecule has 0 spiro atoms. The van der Waals surface area contributed by atoms with Gasteiger partial charge in [-0.25, -0.2) is 0 Å². The van der Waals surface area contributed by atoms with Gasteiger partial charge in [0.15, 0.2) is 0 Å². The van der Waals surface area contributed by atoms with Crippen LogP contribution in [0.4, 0.5) is 0 Å². The highest BCUT2D eigenvalue weighted by atomic mass is 16.4. The van der Waals surface area contributed by atoms with Crippen LogP contribution in [-0.2, 0) is 4.79 Å². The standard InChI is InChI=1S/C14H20O2/c1-3-11(2)13(9-10-14(15)16)12-7-5-4-6-8-12/h4-8,11,13H,3,9-10H2,1-2H3,(H,15,16). The summed E-state index contributed by atoms with van der Waals surface area (Å²) in [5, 5.41) is 8.76. The Kier molecular flexibility index (Phi) is 5.03. The second-order valence-corrected chi connectivity index (χ2v) is 4.34. The van der Waals surface area contributed by atoms with Crippen molar-refractivity contribution >= 4 is 5.97 Å². The lowest BCUT2D eigenvalue weighted by atomic mass is 9.82. The number of carboxylic acids is 1. The molecule has 2 nitrogen and oxygen atoms in total. The molecule has 0 aliphatic rings. The Morgan fingerprint density at radius 1 is 1.31 bits per heavy atom. The number of hydrogen-bond acceptors (Lipinski definition) is 1. The lowest BCUT2D eigenvalue weighted by Gasteiger charge is -2.22. The highest BCUT2D eigenvalue weighted by Gasteiger charge is 2.18. The minimum Gasteiger partial charge on any atom is -0.481 e. The molecule has 16 heavy (non-hydrogen) atoms. The number of benzene rings is 1. The van der Waals surface area contributed by atoms with E-state index in [0.717, 1.165) is 12.8 Å². The van der Waals surface area contributed by atoms with E-state index in [4.69, 9.17) is 5.11 Å². The van der Waals surface area contributed by atoms with E-state index in [1.807, 2.05) is 18.2 Å². The number of carbonyl (C=O) groups is 1. The van der Waals surface area contributed by atoms with E-state index in [2.05, 4.69) is 26.0 Å². The van der Waals surface area contributed by atoms with Crippen LogP contribution in [0.5, 0.6) is 0 Å². The summed E-state index contributed by atoms with van der Waals surface area (Å²) < 4.78 is 0. The lowest BCUT2D eigenvalue weighted by molar-refractivity contribution is -0.137. The summed E-state index contributed by atoms with van der Waals surface area (Å²) in [6.07, 6.45) is 2.07. The molecular formula is C14H20O2. The molecule has 1 aromatic rings. The number of carboxylic acid groups (broad SMARTS) is 1. The van der Waals surface area contributed by atoms with Crippen LogP contribution in [0.3, 0.4) is 0 Å². The predicted octanol–water partition coefficient (Wildman–Crippen LogP) is 3.68. The number of hydrogen-bond donors (Lipinski definition) is 1. The molecule has 0 saturated heterocycles. The van der Waals surface area contributed by atoms with Gasteiger partial charge >= 0.3 is 5.97 Å². The van der Waals surface area contributed by atoms with Gasteiger partial charge in [-0.3, -0.25) is 4.79 Å². The lowest BCUT2D eigenvalue weighted by Crippen LogP contribution is -2.11. The first-order valence-electron chi connectivity index (χ1n) is 5.91. The van der Waals surface area contributed by atoms with Crippen molar-refractivity contribution in [3.05, 3.63) is 35.9 Å². The largest absolute Gasteiger partial charge is 0.481 e. The highest BCUT2D eigenvalue weighted by molar-refractivity contribution is 5.66. The van der Waals surface area contributed by atoms with Crippen LogP contribution < -0.4 is 0 Å². The Balaban J connectivity index is 2.75.